The molecule has 0 atom stereocenters. The third-order valence-corrected chi connectivity index (χ3v) is 3.78. The van der Waals surface area contributed by atoms with Crippen molar-refractivity contribution in [2.24, 2.45) is 0 Å². The number of methoxy groups -OCH3 is 1. The lowest BCUT2D eigenvalue weighted by Crippen LogP contribution is -2.01. The molecule has 26 heavy (non-hydrogen) atoms. The zero-order valence-electron chi connectivity index (χ0n) is 13.8. The van der Waals surface area contributed by atoms with Crippen LogP contribution < -0.4 is 10.1 Å². The van der Waals surface area contributed by atoms with Gasteiger partial charge in [0.25, 0.3) is 0 Å². The summed E-state index contributed by atoms with van der Waals surface area (Å²) in [4.78, 5) is 17.1. The molecule has 6 nitrogen and oxygen atoms in total. The molecule has 1 aromatic carbocycles. The zero-order chi connectivity index (χ0) is 17.9. The van der Waals surface area contributed by atoms with Crippen molar-refractivity contribution in [3.05, 3.63) is 66.9 Å². The maximum Gasteiger partial charge on any atom is 0.214 e. The van der Waals surface area contributed by atoms with Gasteiger partial charge < -0.3 is 10.1 Å². The molecule has 3 aromatic heterocycles. The summed E-state index contributed by atoms with van der Waals surface area (Å²) in [7, 11) is 1.59. The summed E-state index contributed by atoms with van der Waals surface area (Å²) in [6.07, 6.45) is 3.38. The molecule has 7 heteroatoms. The summed E-state index contributed by atoms with van der Waals surface area (Å²) in [5, 5.41) is 3.81. The Kier molecular flexibility index (Phi) is 4.10. The van der Waals surface area contributed by atoms with Gasteiger partial charge in [0.15, 0.2) is 5.82 Å². The van der Waals surface area contributed by atoms with Gasteiger partial charge in [-0.2, -0.15) is 4.39 Å². The van der Waals surface area contributed by atoms with Gasteiger partial charge in [-0.1, -0.05) is 6.07 Å². The molecule has 0 aliphatic heterocycles. The van der Waals surface area contributed by atoms with E-state index in [-0.39, 0.29) is 0 Å². The molecule has 3 heterocycles. The van der Waals surface area contributed by atoms with Crippen molar-refractivity contribution in [1.29, 1.82) is 0 Å². The van der Waals surface area contributed by atoms with Gasteiger partial charge in [-0.25, -0.2) is 15.0 Å². The Morgan fingerprint density at radius 2 is 1.92 bits per heavy atom. The second-order valence-corrected chi connectivity index (χ2v) is 5.49. The third kappa shape index (κ3) is 3.14. The lowest BCUT2D eigenvalue weighted by atomic mass is 10.2. The summed E-state index contributed by atoms with van der Waals surface area (Å²) < 4.78 is 18.7. The van der Waals surface area contributed by atoms with Crippen molar-refractivity contribution in [1.82, 2.24) is 19.9 Å². The Labute approximate surface area is 148 Å². The van der Waals surface area contributed by atoms with E-state index in [0.29, 0.717) is 23.2 Å². The van der Waals surface area contributed by atoms with Gasteiger partial charge in [-0.15, -0.1) is 0 Å². The molecule has 128 valence electrons. The fraction of sp³-hybridized carbons (Fsp3) is 0.0526. The number of pyridine rings is 2. The van der Waals surface area contributed by atoms with Gasteiger partial charge in [0.1, 0.15) is 17.4 Å². The minimum absolute atomic E-state index is 0.352. The molecule has 0 aliphatic rings. The van der Waals surface area contributed by atoms with Crippen molar-refractivity contribution in [3.8, 4) is 17.1 Å². The average Bonchev–Trinajstić information content (AvgIpc) is 2.68. The standard InChI is InChI=1S/C19H14FN5O/c1-26-13-7-8-15-14(10-13)19(24-17-6-2-5-16(20)23-17)25-18(22-15)12-4-3-9-21-11-12/h2-11H,1H3,(H,22,23,24,25). The molecule has 0 amide bonds. The van der Waals surface area contributed by atoms with E-state index in [0.717, 1.165) is 16.5 Å². The number of anilines is 2. The highest BCUT2D eigenvalue weighted by Crippen LogP contribution is 2.29. The minimum Gasteiger partial charge on any atom is -0.497 e. The lowest BCUT2D eigenvalue weighted by Gasteiger charge is -2.11. The number of nitrogens with zero attached hydrogens (tertiary/aromatic N) is 4. The van der Waals surface area contributed by atoms with Crippen LogP contribution in [0.25, 0.3) is 22.3 Å². The molecular weight excluding hydrogens is 333 g/mol. The molecular formula is C19H14FN5O. The predicted octanol–water partition coefficient (Wildman–Crippen LogP) is 3.98. The van der Waals surface area contributed by atoms with Crippen molar-refractivity contribution in [2.75, 3.05) is 12.4 Å². The quantitative estimate of drug-likeness (QED) is 0.563. The van der Waals surface area contributed by atoms with E-state index in [1.807, 2.05) is 30.3 Å². The molecule has 1 N–H and O–H groups in total. The number of benzene rings is 1. The second kappa shape index (κ2) is 6.72. The Morgan fingerprint density at radius 1 is 1.00 bits per heavy atom. The van der Waals surface area contributed by atoms with Crippen LogP contribution in [0.15, 0.2) is 60.9 Å². The summed E-state index contributed by atoms with van der Waals surface area (Å²) in [5.74, 6) is 1.47. The van der Waals surface area contributed by atoms with Crippen LogP contribution in [0, 0.1) is 5.95 Å². The normalized spacial score (nSPS) is 10.7. The monoisotopic (exact) mass is 347 g/mol. The van der Waals surface area contributed by atoms with Crippen molar-refractivity contribution in [2.45, 2.75) is 0 Å². The number of halogens is 1. The SMILES string of the molecule is COc1ccc2nc(-c3cccnc3)nc(Nc3cccc(F)n3)c2c1. The minimum atomic E-state index is -0.571. The molecule has 0 radical (unpaired) electrons. The second-order valence-electron chi connectivity index (χ2n) is 5.49. The Hall–Kier alpha value is -3.61. The first-order chi connectivity index (χ1) is 12.7. The largest absolute Gasteiger partial charge is 0.497 e. The summed E-state index contributed by atoms with van der Waals surface area (Å²) >= 11 is 0. The predicted molar refractivity (Wildman–Crippen MR) is 96.8 cm³/mol. The van der Waals surface area contributed by atoms with Crippen LogP contribution in [0.5, 0.6) is 5.75 Å². The van der Waals surface area contributed by atoms with E-state index >= 15 is 0 Å². The van der Waals surface area contributed by atoms with E-state index in [2.05, 4.69) is 25.3 Å². The van der Waals surface area contributed by atoms with Crippen molar-refractivity contribution < 1.29 is 9.13 Å². The van der Waals surface area contributed by atoms with Crippen molar-refractivity contribution in [3.63, 3.8) is 0 Å². The number of ether oxygens (including phenoxy) is 1. The van der Waals surface area contributed by atoms with Crippen LogP contribution in [0.1, 0.15) is 0 Å². The molecule has 0 fully saturated rings. The van der Waals surface area contributed by atoms with E-state index in [9.17, 15) is 4.39 Å². The molecule has 0 saturated heterocycles. The molecule has 0 spiro atoms. The molecule has 4 rings (SSSR count). The summed E-state index contributed by atoms with van der Waals surface area (Å²) in [5.41, 5.74) is 1.50. The number of hydrogen-bond donors (Lipinski definition) is 1. The van der Waals surface area contributed by atoms with Gasteiger partial charge in [0, 0.05) is 23.3 Å². The molecule has 4 aromatic rings. The first-order valence-corrected chi connectivity index (χ1v) is 7.89. The summed E-state index contributed by atoms with van der Waals surface area (Å²) in [6, 6.07) is 13.7. The van der Waals surface area contributed by atoms with E-state index in [1.165, 1.54) is 6.07 Å². The van der Waals surface area contributed by atoms with Crippen LogP contribution in [-0.2, 0) is 0 Å². The fourth-order valence-electron chi connectivity index (χ4n) is 2.55. The van der Waals surface area contributed by atoms with Crippen LogP contribution in [-0.4, -0.2) is 27.0 Å². The average molecular weight is 347 g/mol. The number of nitrogens with one attached hydrogen (secondary N) is 1. The molecule has 0 unspecified atom stereocenters. The molecule has 0 bridgehead atoms. The van der Waals surface area contributed by atoms with E-state index < -0.39 is 5.95 Å². The van der Waals surface area contributed by atoms with Gasteiger partial charge in [0.2, 0.25) is 5.95 Å². The zero-order valence-corrected chi connectivity index (χ0v) is 13.8. The fourth-order valence-corrected chi connectivity index (χ4v) is 2.55. The highest BCUT2D eigenvalue weighted by molar-refractivity contribution is 5.93. The summed E-state index contributed by atoms with van der Waals surface area (Å²) in [6.45, 7) is 0. The van der Waals surface area contributed by atoms with Crippen molar-refractivity contribution >= 4 is 22.5 Å². The maximum atomic E-state index is 13.4. The molecule has 0 saturated carbocycles. The van der Waals surface area contributed by atoms with Gasteiger partial charge in [-0.3, -0.25) is 4.98 Å². The smallest absolute Gasteiger partial charge is 0.214 e. The van der Waals surface area contributed by atoms with Crippen LogP contribution in [0.2, 0.25) is 0 Å². The topological polar surface area (TPSA) is 72.8 Å². The number of rotatable bonds is 4. The highest BCUT2D eigenvalue weighted by atomic mass is 19.1. The Bertz CT molecular complexity index is 1070. The van der Waals surface area contributed by atoms with Gasteiger partial charge in [-0.05, 0) is 42.5 Å². The van der Waals surface area contributed by atoms with E-state index in [4.69, 9.17) is 4.74 Å². The lowest BCUT2D eigenvalue weighted by molar-refractivity contribution is 0.415. The number of aromatic nitrogens is 4. The maximum absolute atomic E-state index is 13.4. The first kappa shape index (κ1) is 15.9. The Morgan fingerprint density at radius 3 is 2.69 bits per heavy atom. The van der Waals surface area contributed by atoms with Gasteiger partial charge >= 0.3 is 0 Å². The van der Waals surface area contributed by atoms with Gasteiger partial charge in [0.05, 0.1) is 12.6 Å². The van der Waals surface area contributed by atoms with Crippen LogP contribution >= 0.6 is 0 Å². The number of hydrogen-bond acceptors (Lipinski definition) is 6. The first-order valence-electron chi connectivity index (χ1n) is 7.89. The van der Waals surface area contributed by atoms with Crippen LogP contribution in [0.4, 0.5) is 16.0 Å². The number of fused-ring (bicyclic) bond motifs is 1. The van der Waals surface area contributed by atoms with E-state index in [1.54, 1.807) is 31.6 Å². The molecule has 0 aliphatic carbocycles. The highest BCUT2D eigenvalue weighted by Gasteiger charge is 2.12. The third-order valence-electron chi connectivity index (χ3n) is 3.78. The van der Waals surface area contributed by atoms with Crippen LogP contribution in [0.3, 0.4) is 0 Å². The Balaban J connectivity index is 1.89.